The number of benzene rings is 1. The van der Waals surface area contributed by atoms with E-state index in [4.69, 9.17) is 15.7 Å². The molecule has 20 heavy (non-hydrogen) atoms. The molecular weight excluding hydrogens is 275 g/mol. The highest BCUT2D eigenvalue weighted by molar-refractivity contribution is 5.91. The van der Waals surface area contributed by atoms with Crippen LogP contribution in [0.3, 0.4) is 0 Å². The van der Waals surface area contributed by atoms with Crippen molar-refractivity contribution in [2.24, 2.45) is 5.73 Å². The first-order chi connectivity index (χ1) is 9.38. The number of ether oxygens (including phenoxy) is 1. The van der Waals surface area contributed by atoms with E-state index in [0.29, 0.717) is 6.07 Å². The fraction of sp³-hybridized carbons (Fsp3) is 0.333. The van der Waals surface area contributed by atoms with Gasteiger partial charge < -0.3 is 15.8 Å². The summed E-state index contributed by atoms with van der Waals surface area (Å²) in [5.41, 5.74) is 3.50. The molecule has 1 aromatic rings. The predicted octanol–water partition coefficient (Wildman–Crippen LogP) is 1.49. The van der Waals surface area contributed by atoms with Crippen LogP contribution in [0.5, 0.6) is 0 Å². The molecule has 3 N–H and O–H groups in total. The molecule has 0 saturated carbocycles. The number of alkyl halides is 3. The monoisotopic (exact) mass is 287 g/mol. The SMILES string of the molecule is N#Cc1ccc(NC(=O)COCCN)cc1C(F)(F)F. The molecule has 0 heterocycles. The summed E-state index contributed by atoms with van der Waals surface area (Å²) in [6.45, 7) is 0.107. The average Bonchev–Trinajstić information content (AvgIpc) is 2.38. The lowest BCUT2D eigenvalue weighted by atomic mass is 10.1. The molecule has 0 fully saturated rings. The van der Waals surface area contributed by atoms with Gasteiger partial charge in [0.15, 0.2) is 0 Å². The molecule has 1 amide bonds. The molecule has 0 spiro atoms. The molecule has 8 heteroatoms. The quantitative estimate of drug-likeness (QED) is 0.803. The summed E-state index contributed by atoms with van der Waals surface area (Å²) < 4.78 is 42.9. The maximum atomic E-state index is 12.7. The van der Waals surface area contributed by atoms with E-state index in [0.717, 1.165) is 6.07 Å². The van der Waals surface area contributed by atoms with E-state index in [9.17, 15) is 18.0 Å². The Balaban J connectivity index is 2.83. The van der Waals surface area contributed by atoms with Crippen LogP contribution in [0.4, 0.5) is 18.9 Å². The van der Waals surface area contributed by atoms with Crippen molar-refractivity contribution < 1.29 is 22.7 Å². The minimum absolute atomic E-state index is 0.0577. The topological polar surface area (TPSA) is 88.1 Å². The van der Waals surface area contributed by atoms with Crippen LogP contribution >= 0.6 is 0 Å². The van der Waals surface area contributed by atoms with Crippen molar-refractivity contribution in [3.63, 3.8) is 0 Å². The highest BCUT2D eigenvalue weighted by Crippen LogP contribution is 2.33. The molecule has 0 unspecified atom stereocenters. The Morgan fingerprint density at radius 1 is 1.45 bits per heavy atom. The zero-order valence-electron chi connectivity index (χ0n) is 10.3. The largest absolute Gasteiger partial charge is 0.417 e. The second-order valence-corrected chi connectivity index (χ2v) is 3.76. The van der Waals surface area contributed by atoms with Crippen molar-refractivity contribution in [1.29, 1.82) is 5.26 Å². The summed E-state index contributed by atoms with van der Waals surface area (Å²) in [5, 5.41) is 10.9. The summed E-state index contributed by atoms with van der Waals surface area (Å²) >= 11 is 0. The second kappa shape index (κ2) is 6.88. The average molecular weight is 287 g/mol. The van der Waals surface area contributed by atoms with Gasteiger partial charge in [0.1, 0.15) is 6.61 Å². The Labute approximate surface area is 113 Å². The molecule has 5 nitrogen and oxygen atoms in total. The lowest BCUT2D eigenvalue weighted by Crippen LogP contribution is -2.21. The van der Waals surface area contributed by atoms with Gasteiger partial charge in [0.05, 0.1) is 23.8 Å². The molecule has 108 valence electrons. The lowest BCUT2D eigenvalue weighted by molar-refractivity contribution is -0.137. The van der Waals surface area contributed by atoms with Gasteiger partial charge in [0.25, 0.3) is 0 Å². The van der Waals surface area contributed by atoms with Crippen molar-refractivity contribution in [3.05, 3.63) is 29.3 Å². The van der Waals surface area contributed by atoms with Crippen molar-refractivity contribution in [2.45, 2.75) is 6.18 Å². The Bertz CT molecular complexity index is 524. The van der Waals surface area contributed by atoms with Crippen molar-refractivity contribution in [2.75, 3.05) is 25.1 Å². The number of nitrogens with two attached hydrogens (primary N) is 1. The molecule has 0 aliphatic rings. The third kappa shape index (κ3) is 4.53. The summed E-state index contributed by atoms with van der Waals surface area (Å²) in [7, 11) is 0. The van der Waals surface area contributed by atoms with E-state index in [1.54, 1.807) is 0 Å². The Kier molecular flexibility index (Phi) is 5.49. The maximum absolute atomic E-state index is 12.7. The van der Waals surface area contributed by atoms with Crippen LogP contribution in [0.2, 0.25) is 0 Å². The molecule has 0 radical (unpaired) electrons. The minimum atomic E-state index is -4.66. The number of rotatable bonds is 5. The van der Waals surface area contributed by atoms with Crippen LogP contribution in [0.25, 0.3) is 0 Å². The van der Waals surface area contributed by atoms with Gasteiger partial charge in [-0.05, 0) is 18.2 Å². The Morgan fingerprint density at radius 3 is 2.70 bits per heavy atom. The standard InChI is InChI=1S/C12H12F3N3O2/c13-12(14,15)10-5-9(2-1-8(10)6-17)18-11(19)7-20-4-3-16/h1-2,5H,3-4,7,16H2,(H,18,19). The number of carbonyl (C=O) groups is 1. The van der Waals surface area contributed by atoms with E-state index in [-0.39, 0.29) is 25.4 Å². The normalized spacial score (nSPS) is 10.9. The molecule has 1 rings (SSSR count). The van der Waals surface area contributed by atoms with Crippen LogP contribution in [0.15, 0.2) is 18.2 Å². The zero-order valence-corrected chi connectivity index (χ0v) is 10.3. The molecule has 0 aliphatic carbocycles. The summed E-state index contributed by atoms with van der Waals surface area (Å²) in [5.74, 6) is -0.601. The molecular formula is C12H12F3N3O2. The molecule has 0 aromatic heterocycles. The van der Waals surface area contributed by atoms with E-state index in [1.165, 1.54) is 12.1 Å². The highest BCUT2D eigenvalue weighted by atomic mass is 19.4. The van der Waals surface area contributed by atoms with Crippen LogP contribution in [0, 0.1) is 11.3 Å². The fourth-order valence-corrected chi connectivity index (χ4v) is 1.40. The van der Waals surface area contributed by atoms with Crippen LogP contribution < -0.4 is 11.1 Å². The van der Waals surface area contributed by atoms with E-state index >= 15 is 0 Å². The summed E-state index contributed by atoms with van der Waals surface area (Å²) in [6, 6.07) is 4.38. The van der Waals surface area contributed by atoms with E-state index in [1.807, 2.05) is 0 Å². The third-order valence-electron chi connectivity index (χ3n) is 2.22. The van der Waals surface area contributed by atoms with Crippen LogP contribution in [-0.4, -0.2) is 25.7 Å². The molecule has 1 aromatic carbocycles. The van der Waals surface area contributed by atoms with Crippen LogP contribution in [-0.2, 0) is 15.7 Å². The molecule has 0 saturated heterocycles. The van der Waals surface area contributed by atoms with Gasteiger partial charge in [0.2, 0.25) is 5.91 Å². The Hall–Kier alpha value is -2.11. The number of nitrogens with one attached hydrogen (secondary N) is 1. The number of anilines is 1. The van der Waals surface area contributed by atoms with E-state index < -0.39 is 23.2 Å². The number of halogens is 3. The van der Waals surface area contributed by atoms with Gasteiger partial charge in [-0.3, -0.25) is 4.79 Å². The van der Waals surface area contributed by atoms with Gasteiger partial charge in [-0.2, -0.15) is 18.4 Å². The number of nitriles is 1. The second-order valence-electron chi connectivity index (χ2n) is 3.76. The van der Waals surface area contributed by atoms with Gasteiger partial charge in [0, 0.05) is 12.2 Å². The van der Waals surface area contributed by atoms with Gasteiger partial charge >= 0.3 is 6.18 Å². The molecule has 0 atom stereocenters. The summed E-state index contributed by atoms with van der Waals surface area (Å²) in [4.78, 5) is 11.4. The predicted molar refractivity (Wildman–Crippen MR) is 64.7 cm³/mol. The first-order valence-electron chi connectivity index (χ1n) is 5.57. The van der Waals surface area contributed by atoms with Gasteiger partial charge in [-0.1, -0.05) is 0 Å². The summed E-state index contributed by atoms with van der Waals surface area (Å²) in [6.07, 6.45) is -4.66. The van der Waals surface area contributed by atoms with Crippen molar-refractivity contribution in [3.8, 4) is 6.07 Å². The molecule has 0 aliphatic heterocycles. The lowest BCUT2D eigenvalue weighted by Gasteiger charge is -2.11. The minimum Gasteiger partial charge on any atom is -0.370 e. The number of carbonyl (C=O) groups excluding carboxylic acids is 1. The number of nitrogens with zero attached hydrogens (tertiary/aromatic N) is 1. The van der Waals surface area contributed by atoms with Crippen molar-refractivity contribution >= 4 is 11.6 Å². The van der Waals surface area contributed by atoms with Gasteiger partial charge in [-0.25, -0.2) is 0 Å². The number of amides is 1. The number of hydrogen-bond acceptors (Lipinski definition) is 4. The highest BCUT2D eigenvalue weighted by Gasteiger charge is 2.33. The van der Waals surface area contributed by atoms with Crippen molar-refractivity contribution in [1.82, 2.24) is 0 Å². The maximum Gasteiger partial charge on any atom is 0.417 e. The first kappa shape index (κ1) is 15.9. The van der Waals surface area contributed by atoms with Gasteiger partial charge in [-0.15, -0.1) is 0 Å². The third-order valence-corrected chi connectivity index (χ3v) is 2.22. The smallest absolute Gasteiger partial charge is 0.370 e. The van der Waals surface area contributed by atoms with Crippen LogP contribution in [0.1, 0.15) is 11.1 Å². The molecule has 0 bridgehead atoms. The zero-order chi connectivity index (χ0) is 15.2. The first-order valence-corrected chi connectivity index (χ1v) is 5.57. The fourth-order valence-electron chi connectivity index (χ4n) is 1.40. The van der Waals surface area contributed by atoms with E-state index in [2.05, 4.69) is 5.32 Å². The number of hydrogen-bond donors (Lipinski definition) is 2. The Morgan fingerprint density at radius 2 is 2.15 bits per heavy atom.